The fourth-order valence-corrected chi connectivity index (χ4v) is 3.72. The van der Waals surface area contributed by atoms with Gasteiger partial charge in [-0.3, -0.25) is 0 Å². The summed E-state index contributed by atoms with van der Waals surface area (Å²) in [7, 11) is 0. The zero-order valence-electron chi connectivity index (χ0n) is 16.8. The van der Waals surface area contributed by atoms with E-state index in [0.717, 1.165) is 36.4 Å². The van der Waals surface area contributed by atoms with Crippen LogP contribution in [-0.4, -0.2) is 45.2 Å². The predicted molar refractivity (Wildman–Crippen MR) is 110 cm³/mol. The number of rotatable bonds is 12. The number of carbonyl (C=O) groups is 1. The van der Waals surface area contributed by atoms with E-state index >= 15 is 0 Å². The molecule has 0 spiro atoms. The average Bonchev–Trinajstić information content (AvgIpc) is 3.45. The normalized spacial score (nSPS) is 14.3. The number of benzene rings is 1. The van der Waals surface area contributed by atoms with E-state index in [1.807, 2.05) is 6.07 Å². The molecule has 0 saturated heterocycles. The van der Waals surface area contributed by atoms with Crippen LogP contribution in [0.5, 0.6) is 0 Å². The number of aromatic carboxylic acids is 1. The summed E-state index contributed by atoms with van der Waals surface area (Å²) in [5, 5.41) is 9.25. The fourth-order valence-electron chi connectivity index (χ4n) is 3.72. The zero-order valence-corrected chi connectivity index (χ0v) is 16.8. The first-order valence-corrected chi connectivity index (χ1v) is 10.6. The molecule has 0 aliphatic heterocycles. The molecule has 0 atom stereocenters. The predicted octanol–water partition coefficient (Wildman–Crippen LogP) is 4.90. The third kappa shape index (κ3) is 5.10. The Morgan fingerprint density at radius 1 is 1.15 bits per heavy atom. The van der Waals surface area contributed by atoms with Crippen molar-refractivity contribution in [2.75, 3.05) is 19.6 Å². The summed E-state index contributed by atoms with van der Waals surface area (Å²) in [5.41, 5.74) is 2.22. The second-order valence-electron chi connectivity index (χ2n) is 7.81. The number of fused-ring (bicyclic) bond motifs is 1. The highest BCUT2D eigenvalue weighted by Crippen LogP contribution is 2.40. The van der Waals surface area contributed by atoms with Gasteiger partial charge in [0.15, 0.2) is 0 Å². The Labute approximate surface area is 162 Å². The molecule has 1 saturated carbocycles. The van der Waals surface area contributed by atoms with Crippen molar-refractivity contribution in [3.63, 3.8) is 0 Å². The highest BCUT2D eigenvalue weighted by Gasteiger charge is 2.29. The van der Waals surface area contributed by atoms with Gasteiger partial charge in [-0.2, -0.15) is 0 Å². The van der Waals surface area contributed by atoms with E-state index in [0.29, 0.717) is 11.5 Å². The lowest BCUT2D eigenvalue weighted by Crippen LogP contribution is -2.28. The molecule has 1 fully saturated rings. The minimum atomic E-state index is -0.887. The van der Waals surface area contributed by atoms with E-state index in [-0.39, 0.29) is 0 Å². The Morgan fingerprint density at radius 3 is 2.41 bits per heavy atom. The summed E-state index contributed by atoms with van der Waals surface area (Å²) in [6.45, 7) is 8.98. The van der Waals surface area contributed by atoms with E-state index in [1.54, 1.807) is 12.1 Å². The molecule has 1 aliphatic rings. The number of imidazole rings is 1. The van der Waals surface area contributed by atoms with Gasteiger partial charge in [0.05, 0.1) is 16.6 Å². The Hall–Kier alpha value is -1.88. The van der Waals surface area contributed by atoms with E-state index in [2.05, 4.69) is 23.3 Å². The van der Waals surface area contributed by atoms with Gasteiger partial charge in [-0.05, 0) is 69.9 Å². The molecule has 0 bridgehead atoms. The standard InChI is InChI=1S/C22H33N3O2/c1-3-5-12-24(13-6-4-2)14-7-15-25-20-11-10-18(22(26)27)16-19(20)23-21(25)17-8-9-17/h10-11,16-17H,3-9,12-15H2,1-2H3,(H,26,27). The molecule has 2 aromatic rings. The van der Waals surface area contributed by atoms with Gasteiger partial charge < -0.3 is 14.6 Å². The number of hydrogen-bond acceptors (Lipinski definition) is 3. The minimum Gasteiger partial charge on any atom is -0.478 e. The molecule has 1 aliphatic carbocycles. The van der Waals surface area contributed by atoms with Gasteiger partial charge in [0.2, 0.25) is 0 Å². The molecule has 1 aromatic heterocycles. The van der Waals surface area contributed by atoms with E-state index in [9.17, 15) is 9.90 Å². The molecular weight excluding hydrogens is 338 g/mol. The lowest BCUT2D eigenvalue weighted by molar-refractivity contribution is 0.0697. The number of nitrogens with zero attached hydrogens (tertiary/aromatic N) is 3. The van der Waals surface area contributed by atoms with Crippen LogP contribution in [-0.2, 0) is 6.54 Å². The SMILES string of the molecule is CCCCN(CCCC)CCCn1c(C2CC2)nc2cc(C(=O)O)ccc21. The first kappa shape index (κ1) is 19.9. The van der Waals surface area contributed by atoms with Gasteiger partial charge in [0.1, 0.15) is 5.82 Å². The third-order valence-electron chi connectivity index (χ3n) is 5.48. The maximum absolute atomic E-state index is 11.3. The number of hydrogen-bond donors (Lipinski definition) is 1. The number of unbranched alkanes of at least 4 members (excludes halogenated alkanes) is 2. The smallest absolute Gasteiger partial charge is 0.335 e. The highest BCUT2D eigenvalue weighted by atomic mass is 16.4. The third-order valence-corrected chi connectivity index (χ3v) is 5.48. The van der Waals surface area contributed by atoms with Crippen LogP contribution in [0, 0.1) is 0 Å². The Kier molecular flexibility index (Phi) is 6.89. The lowest BCUT2D eigenvalue weighted by Gasteiger charge is -2.22. The Balaban J connectivity index is 1.71. The quantitative estimate of drug-likeness (QED) is 0.576. The maximum atomic E-state index is 11.3. The van der Waals surface area contributed by atoms with Crippen LogP contribution in [0.1, 0.15) is 80.9 Å². The van der Waals surface area contributed by atoms with Crippen LogP contribution >= 0.6 is 0 Å². The lowest BCUT2D eigenvalue weighted by atomic mass is 10.2. The molecule has 1 N–H and O–H groups in total. The van der Waals surface area contributed by atoms with Crippen LogP contribution in [0.3, 0.4) is 0 Å². The summed E-state index contributed by atoms with van der Waals surface area (Å²) in [6, 6.07) is 5.35. The van der Waals surface area contributed by atoms with E-state index < -0.39 is 5.97 Å². The highest BCUT2D eigenvalue weighted by molar-refractivity contribution is 5.92. The summed E-state index contributed by atoms with van der Waals surface area (Å²) >= 11 is 0. The number of carboxylic acids is 1. The maximum Gasteiger partial charge on any atom is 0.335 e. The molecule has 1 aromatic carbocycles. The molecule has 148 valence electrons. The number of aromatic nitrogens is 2. The van der Waals surface area contributed by atoms with Gasteiger partial charge in [-0.15, -0.1) is 0 Å². The van der Waals surface area contributed by atoms with Gasteiger partial charge >= 0.3 is 5.97 Å². The van der Waals surface area contributed by atoms with Crippen LogP contribution in [0.25, 0.3) is 11.0 Å². The van der Waals surface area contributed by atoms with Crippen LogP contribution in [0.15, 0.2) is 18.2 Å². The molecule has 0 radical (unpaired) electrons. The molecular formula is C22H33N3O2. The largest absolute Gasteiger partial charge is 0.478 e. The van der Waals surface area contributed by atoms with Gasteiger partial charge in [-0.25, -0.2) is 9.78 Å². The molecule has 5 heteroatoms. The van der Waals surface area contributed by atoms with Gasteiger partial charge in [-0.1, -0.05) is 26.7 Å². The fraction of sp³-hybridized carbons (Fsp3) is 0.636. The van der Waals surface area contributed by atoms with Crippen molar-refractivity contribution in [2.45, 2.75) is 71.3 Å². The van der Waals surface area contributed by atoms with Gasteiger partial charge in [0.25, 0.3) is 0 Å². The number of carboxylic acid groups (broad SMARTS) is 1. The van der Waals surface area contributed by atoms with Crippen molar-refractivity contribution in [3.05, 3.63) is 29.6 Å². The van der Waals surface area contributed by atoms with Crippen molar-refractivity contribution in [3.8, 4) is 0 Å². The molecule has 3 rings (SSSR count). The van der Waals surface area contributed by atoms with Crippen LogP contribution in [0.4, 0.5) is 0 Å². The Morgan fingerprint density at radius 2 is 1.81 bits per heavy atom. The molecule has 5 nitrogen and oxygen atoms in total. The minimum absolute atomic E-state index is 0.319. The van der Waals surface area contributed by atoms with Crippen molar-refractivity contribution in [2.24, 2.45) is 0 Å². The average molecular weight is 372 g/mol. The Bertz CT molecular complexity index is 756. The zero-order chi connectivity index (χ0) is 19.2. The van der Waals surface area contributed by atoms with E-state index in [1.165, 1.54) is 51.6 Å². The molecule has 1 heterocycles. The van der Waals surface area contributed by atoms with Crippen molar-refractivity contribution in [1.29, 1.82) is 0 Å². The topological polar surface area (TPSA) is 58.4 Å². The second-order valence-corrected chi connectivity index (χ2v) is 7.81. The summed E-state index contributed by atoms with van der Waals surface area (Å²) in [4.78, 5) is 18.7. The first-order valence-electron chi connectivity index (χ1n) is 10.6. The van der Waals surface area contributed by atoms with Crippen molar-refractivity contribution in [1.82, 2.24) is 14.5 Å². The van der Waals surface area contributed by atoms with Gasteiger partial charge in [0, 0.05) is 12.5 Å². The van der Waals surface area contributed by atoms with Crippen molar-refractivity contribution < 1.29 is 9.90 Å². The second kappa shape index (κ2) is 9.36. The van der Waals surface area contributed by atoms with Crippen LogP contribution < -0.4 is 0 Å². The molecule has 27 heavy (non-hydrogen) atoms. The van der Waals surface area contributed by atoms with Crippen molar-refractivity contribution >= 4 is 17.0 Å². The summed E-state index contributed by atoms with van der Waals surface area (Å²) < 4.78 is 2.34. The summed E-state index contributed by atoms with van der Waals surface area (Å²) in [5.74, 6) is 0.824. The summed E-state index contributed by atoms with van der Waals surface area (Å²) in [6.07, 6.45) is 8.53. The first-order chi connectivity index (χ1) is 13.1. The monoisotopic (exact) mass is 371 g/mol. The number of aryl methyl sites for hydroxylation is 1. The van der Waals surface area contributed by atoms with E-state index in [4.69, 9.17) is 4.98 Å². The molecule has 0 amide bonds. The van der Waals surface area contributed by atoms with Crippen LogP contribution in [0.2, 0.25) is 0 Å². The molecule has 0 unspecified atom stereocenters.